The van der Waals surface area contributed by atoms with Crippen molar-refractivity contribution in [3.05, 3.63) is 26.7 Å². The van der Waals surface area contributed by atoms with Crippen molar-refractivity contribution in [3.63, 3.8) is 0 Å². The zero-order valence-corrected chi connectivity index (χ0v) is 13.9. The standard InChI is InChI=1S/C13H18BrCl2NO/c1-4-13(2,3)17-5-6-18-12-8-10(15)9(14)7-11(12)16/h7-8,17H,4-6H2,1-3H3. The largest absolute Gasteiger partial charge is 0.491 e. The van der Waals surface area contributed by atoms with E-state index in [2.05, 4.69) is 42.0 Å². The van der Waals surface area contributed by atoms with Gasteiger partial charge in [0.25, 0.3) is 0 Å². The predicted molar refractivity (Wildman–Crippen MR) is 82.0 cm³/mol. The van der Waals surface area contributed by atoms with Crippen molar-refractivity contribution in [3.8, 4) is 5.75 Å². The van der Waals surface area contributed by atoms with Crippen LogP contribution in [0.1, 0.15) is 27.2 Å². The Kier molecular flexibility index (Phi) is 6.25. The molecule has 0 spiro atoms. The SMILES string of the molecule is CCC(C)(C)NCCOc1cc(Cl)c(Br)cc1Cl. The van der Waals surface area contributed by atoms with Crippen LogP contribution in [0.5, 0.6) is 5.75 Å². The van der Waals surface area contributed by atoms with Crippen molar-refractivity contribution in [2.45, 2.75) is 32.7 Å². The van der Waals surface area contributed by atoms with Gasteiger partial charge >= 0.3 is 0 Å². The van der Waals surface area contributed by atoms with Crippen molar-refractivity contribution < 1.29 is 4.74 Å². The summed E-state index contributed by atoms with van der Waals surface area (Å²) in [6, 6.07) is 3.46. The first-order valence-corrected chi connectivity index (χ1v) is 7.43. The van der Waals surface area contributed by atoms with Gasteiger partial charge in [0, 0.05) is 22.6 Å². The van der Waals surface area contributed by atoms with E-state index >= 15 is 0 Å². The van der Waals surface area contributed by atoms with Crippen LogP contribution in [0.4, 0.5) is 0 Å². The van der Waals surface area contributed by atoms with Crippen LogP contribution in [0.25, 0.3) is 0 Å². The molecule has 1 aromatic rings. The number of hydrogen-bond donors (Lipinski definition) is 1. The Morgan fingerprint density at radius 3 is 2.56 bits per heavy atom. The lowest BCUT2D eigenvalue weighted by atomic mass is 10.0. The van der Waals surface area contributed by atoms with Gasteiger partial charge in [0.1, 0.15) is 12.4 Å². The van der Waals surface area contributed by atoms with E-state index < -0.39 is 0 Å². The van der Waals surface area contributed by atoms with Gasteiger partial charge in [0.2, 0.25) is 0 Å². The summed E-state index contributed by atoms with van der Waals surface area (Å²) in [7, 11) is 0. The highest BCUT2D eigenvalue weighted by molar-refractivity contribution is 9.10. The Bertz CT molecular complexity index is 410. The minimum atomic E-state index is 0.129. The van der Waals surface area contributed by atoms with E-state index in [1.165, 1.54) is 0 Å². The van der Waals surface area contributed by atoms with Crippen LogP contribution in [-0.2, 0) is 0 Å². The molecule has 0 aliphatic rings. The summed E-state index contributed by atoms with van der Waals surface area (Å²) in [4.78, 5) is 0. The summed E-state index contributed by atoms with van der Waals surface area (Å²) < 4.78 is 6.38. The van der Waals surface area contributed by atoms with E-state index in [4.69, 9.17) is 27.9 Å². The topological polar surface area (TPSA) is 21.3 Å². The Labute approximate surface area is 127 Å². The Hall–Kier alpha value is 0.0400. The third-order valence-electron chi connectivity index (χ3n) is 2.82. The molecular formula is C13H18BrCl2NO. The molecule has 5 heteroatoms. The molecule has 1 rings (SSSR count). The summed E-state index contributed by atoms with van der Waals surface area (Å²) in [5.41, 5.74) is 0.129. The first-order valence-electron chi connectivity index (χ1n) is 5.88. The predicted octanol–water partition coefficient (Wildman–Crippen LogP) is 4.91. The molecule has 0 bridgehead atoms. The monoisotopic (exact) mass is 353 g/mol. The molecule has 0 saturated carbocycles. The van der Waals surface area contributed by atoms with Crippen LogP contribution < -0.4 is 10.1 Å². The van der Waals surface area contributed by atoms with E-state index in [1.54, 1.807) is 12.1 Å². The molecule has 0 aromatic heterocycles. The Morgan fingerprint density at radius 2 is 1.94 bits per heavy atom. The van der Waals surface area contributed by atoms with Crippen molar-refractivity contribution in [2.75, 3.05) is 13.2 Å². The third kappa shape index (κ3) is 4.96. The van der Waals surface area contributed by atoms with Crippen molar-refractivity contribution in [2.24, 2.45) is 0 Å². The molecular weight excluding hydrogens is 337 g/mol. The molecule has 18 heavy (non-hydrogen) atoms. The number of nitrogens with one attached hydrogen (secondary N) is 1. The number of hydrogen-bond acceptors (Lipinski definition) is 2. The van der Waals surface area contributed by atoms with Crippen molar-refractivity contribution in [1.29, 1.82) is 0 Å². The number of ether oxygens (including phenoxy) is 1. The van der Waals surface area contributed by atoms with Gasteiger partial charge in [-0.15, -0.1) is 0 Å². The molecule has 102 valence electrons. The molecule has 0 saturated heterocycles. The summed E-state index contributed by atoms with van der Waals surface area (Å²) >= 11 is 15.4. The molecule has 1 N–H and O–H groups in total. The highest BCUT2D eigenvalue weighted by atomic mass is 79.9. The van der Waals surface area contributed by atoms with Crippen LogP contribution in [0.15, 0.2) is 16.6 Å². The fourth-order valence-electron chi connectivity index (χ4n) is 1.29. The summed E-state index contributed by atoms with van der Waals surface area (Å²) in [6.07, 6.45) is 1.07. The minimum Gasteiger partial charge on any atom is -0.491 e. The fourth-order valence-corrected chi connectivity index (χ4v) is 2.14. The van der Waals surface area contributed by atoms with Crippen LogP contribution in [0.2, 0.25) is 10.0 Å². The second-order valence-electron chi connectivity index (χ2n) is 4.71. The molecule has 0 atom stereocenters. The summed E-state index contributed by atoms with van der Waals surface area (Å²) in [5.74, 6) is 0.612. The van der Waals surface area contributed by atoms with Gasteiger partial charge in [-0.2, -0.15) is 0 Å². The van der Waals surface area contributed by atoms with Crippen LogP contribution >= 0.6 is 39.1 Å². The van der Waals surface area contributed by atoms with Gasteiger partial charge in [0.05, 0.1) is 10.0 Å². The number of halogens is 3. The fraction of sp³-hybridized carbons (Fsp3) is 0.538. The summed E-state index contributed by atoms with van der Waals surface area (Å²) in [5, 5.41) is 4.56. The lowest BCUT2D eigenvalue weighted by Gasteiger charge is -2.24. The van der Waals surface area contributed by atoms with E-state index in [0.29, 0.717) is 22.4 Å². The molecule has 1 aromatic carbocycles. The van der Waals surface area contributed by atoms with Crippen molar-refractivity contribution in [1.82, 2.24) is 5.32 Å². The smallest absolute Gasteiger partial charge is 0.139 e. The van der Waals surface area contributed by atoms with E-state index in [-0.39, 0.29) is 5.54 Å². The normalized spacial score (nSPS) is 11.7. The zero-order chi connectivity index (χ0) is 13.8. The lowest BCUT2D eigenvalue weighted by molar-refractivity contribution is 0.281. The third-order valence-corrected chi connectivity index (χ3v) is 4.31. The molecule has 0 amide bonds. The van der Waals surface area contributed by atoms with Gasteiger partial charge in [-0.05, 0) is 42.3 Å². The van der Waals surface area contributed by atoms with Crippen molar-refractivity contribution >= 4 is 39.1 Å². The average molecular weight is 355 g/mol. The Balaban J connectivity index is 2.47. The van der Waals surface area contributed by atoms with Gasteiger partial charge in [0.15, 0.2) is 0 Å². The van der Waals surface area contributed by atoms with Crippen LogP contribution in [-0.4, -0.2) is 18.7 Å². The molecule has 0 fully saturated rings. The molecule has 0 aliphatic carbocycles. The molecule has 0 aliphatic heterocycles. The van der Waals surface area contributed by atoms with Gasteiger partial charge in [-0.1, -0.05) is 30.1 Å². The first kappa shape index (κ1) is 16.1. The molecule has 2 nitrogen and oxygen atoms in total. The van der Waals surface area contributed by atoms with E-state index in [0.717, 1.165) is 17.4 Å². The zero-order valence-electron chi connectivity index (χ0n) is 10.8. The van der Waals surface area contributed by atoms with Crippen LogP contribution in [0, 0.1) is 0 Å². The van der Waals surface area contributed by atoms with Crippen LogP contribution in [0.3, 0.4) is 0 Å². The summed E-state index contributed by atoms with van der Waals surface area (Å²) in [6.45, 7) is 7.80. The van der Waals surface area contributed by atoms with E-state index in [1.807, 2.05) is 0 Å². The van der Waals surface area contributed by atoms with Gasteiger partial charge in [-0.3, -0.25) is 0 Å². The van der Waals surface area contributed by atoms with Gasteiger partial charge < -0.3 is 10.1 Å². The molecule has 0 heterocycles. The average Bonchev–Trinajstić information content (AvgIpc) is 2.31. The first-order chi connectivity index (χ1) is 8.35. The quantitative estimate of drug-likeness (QED) is 0.578. The number of rotatable bonds is 6. The second kappa shape index (κ2) is 6.99. The van der Waals surface area contributed by atoms with E-state index in [9.17, 15) is 0 Å². The molecule has 0 radical (unpaired) electrons. The Morgan fingerprint density at radius 1 is 1.28 bits per heavy atom. The maximum absolute atomic E-state index is 6.06. The highest BCUT2D eigenvalue weighted by Crippen LogP contribution is 2.33. The maximum Gasteiger partial charge on any atom is 0.139 e. The minimum absolute atomic E-state index is 0.129. The number of benzene rings is 1. The van der Waals surface area contributed by atoms with Gasteiger partial charge in [-0.25, -0.2) is 0 Å². The maximum atomic E-state index is 6.06. The molecule has 0 unspecified atom stereocenters. The lowest BCUT2D eigenvalue weighted by Crippen LogP contribution is -2.40. The second-order valence-corrected chi connectivity index (χ2v) is 6.38. The highest BCUT2D eigenvalue weighted by Gasteiger charge is 2.13.